The first kappa shape index (κ1) is 24.5. The molecule has 0 aliphatic heterocycles. The summed E-state index contributed by atoms with van der Waals surface area (Å²) in [6.07, 6.45) is 6.50. The van der Waals surface area contributed by atoms with Crippen LogP contribution in [0.4, 0.5) is 0 Å². The van der Waals surface area contributed by atoms with Gasteiger partial charge in [-0.25, -0.2) is 4.98 Å². The Kier molecular flexibility index (Phi) is 8.03. The number of aromatic nitrogens is 2. The van der Waals surface area contributed by atoms with Crippen LogP contribution in [0.5, 0.6) is 0 Å². The minimum absolute atomic E-state index is 0. The number of nitrogens with two attached hydrogens (primary N) is 1. The number of carbonyl (C=O) groups excluding carboxylic acids is 1. The van der Waals surface area contributed by atoms with Gasteiger partial charge in [-0.15, -0.1) is 23.7 Å². The van der Waals surface area contributed by atoms with Crippen molar-refractivity contribution in [3.63, 3.8) is 0 Å². The summed E-state index contributed by atoms with van der Waals surface area (Å²) in [6.45, 7) is 0.791. The third kappa shape index (κ3) is 5.52. The van der Waals surface area contributed by atoms with Gasteiger partial charge in [0.1, 0.15) is 0 Å². The van der Waals surface area contributed by atoms with Gasteiger partial charge in [-0.1, -0.05) is 48.5 Å². The Morgan fingerprint density at radius 3 is 2.56 bits per heavy atom. The van der Waals surface area contributed by atoms with Crippen LogP contribution in [0.3, 0.4) is 0 Å². The summed E-state index contributed by atoms with van der Waals surface area (Å²) in [4.78, 5) is 17.7. The first-order valence-corrected chi connectivity index (χ1v) is 12.7. The number of thiazole rings is 1. The van der Waals surface area contributed by atoms with E-state index >= 15 is 0 Å². The molecule has 5 nitrogen and oxygen atoms in total. The fraction of sp³-hybridized carbons (Fsp3) is 0.333. The summed E-state index contributed by atoms with van der Waals surface area (Å²) < 4.78 is 2.29. The van der Waals surface area contributed by atoms with Crippen LogP contribution in [-0.2, 0) is 11.3 Å². The minimum Gasteiger partial charge on any atom is -0.353 e. The SMILES string of the molecule is Cl.NC1CCC(NC(=O)CC(c2cscn2)c2cn(Cc3ccccc3)c3ccccc23)CC1. The third-order valence-electron chi connectivity index (χ3n) is 6.73. The molecule has 1 fully saturated rings. The predicted octanol–water partition coefficient (Wildman–Crippen LogP) is 5.48. The first-order chi connectivity index (χ1) is 16.2. The van der Waals surface area contributed by atoms with Gasteiger partial charge >= 0.3 is 0 Å². The van der Waals surface area contributed by atoms with E-state index in [1.54, 1.807) is 11.3 Å². The number of hydrogen-bond acceptors (Lipinski definition) is 4. The van der Waals surface area contributed by atoms with Gasteiger partial charge in [0.25, 0.3) is 0 Å². The van der Waals surface area contributed by atoms with Crippen LogP contribution in [-0.4, -0.2) is 27.5 Å². The number of hydrogen-bond donors (Lipinski definition) is 2. The maximum absolute atomic E-state index is 13.1. The molecule has 4 aromatic rings. The summed E-state index contributed by atoms with van der Waals surface area (Å²) >= 11 is 1.58. The highest BCUT2D eigenvalue weighted by Gasteiger charge is 2.26. The van der Waals surface area contributed by atoms with Gasteiger partial charge in [0, 0.05) is 53.4 Å². The van der Waals surface area contributed by atoms with E-state index in [1.807, 2.05) is 11.6 Å². The van der Waals surface area contributed by atoms with Crippen LogP contribution in [0.2, 0.25) is 0 Å². The monoisotopic (exact) mass is 494 g/mol. The lowest BCUT2D eigenvalue weighted by molar-refractivity contribution is -0.122. The van der Waals surface area contributed by atoms with E-state index in [1.165, 1.54) is 16.5 Å². The van der Waals surface area contributed by atoms with Crippen molar-refractivity contribution in [2.45, 2.75) is 56.7 Å². The van der Waals surface area contributed by atoms with Crippen LogP contribution in [0.1, 0.15) is 54.8 Å². The van der Waals surface area contributed by atoms with Gasteiger partial charge in [-0.2, -0.15) is 0 Å². The Hall–Kier alpha value is -2.67. The second-order valence-corrected chi connectivity index (χ2v) is 9.78. The maximum Gasteiger partial charge on any atom is 0.221 e. The van der Waals surface area contributed by atoms with Crippen LogP contribution < -0.4 is 11.1 Å². The lowest BCUT2D eigenvalue weighted by atomic mass is 9.90. The molecule has 0 spiro atoms. The molecule has 7 heteroatoms. The highest BCUT2D eigenvalue weighted by molar-refractivity contribution is 7.07. The van der Waals surface area contributed by atoms with Gasteiger partial charge in [0.2, 0.25) is 5.91 Å². The molecule has 3 N–H and O–H groups in total. The van der Waals surface area contributed by atoms with Crippen molar-refractivity contribution in [2.24, 2.45) is 5.73 Å². The Morgan fingerprint density at radius 2 is 1.82 bits per heavy atom. The second kappa shape index (κ2) is 11.2. The molecule has 0 saturated heterocycles. The van der Waals surface area contributed by atoms with Crippen LogP contribution in [0, 0.1) is 0 Å². The second-order valence-electron chi connectivity index (χ2n) is 9.06. The lowest BCUT2D eigenvalue weighted by Gasteiger charge is -2.27. The highest BCUT2D eigenvalue weighted by Crippen LogP contribution is 2.35. The topological polar surface area (TPSA) is 72.9 Å². The summed E-state index contributed by atoms with van der Waals surface area (Å²) in [6, 6.07) is 19.5. The molecule has 178 valence electrons. The van der Waals surface area contributed by atoms with Gasteiger partial charge in [-0.3, -0.25) is 4.79 Å². The number of carbonyl (C=O) groups is 1. The fourth-order valence-electron chi connectivity index (χ4n) is 4.97. The molecule has 1 aliphatic carbocycles. The van der Waals surface area contributed by atoms with Gasteiger partial charge in [-0.05, 0) is 42.9 Å². The molecule has 34 heavy (non-hydrogen) atoms. The zero-order valence-electron chi connectivity index (χ0n) is 19.1. The summed E-state index contributed by atoms with van der Waals surface area (Å²) in [7, 11) is 0. The maximum atomic E-state index is 13.1. The average Bonchev–Trinajstić information content (AvgIpc) is 3.49. The van der Waals surface area contributed by atoms with E-state index in [0.717, 1.165) is 43.5 Å². The standard InChI is InChI=1S/C27H30N4OS.ClH/c28-20-10-12-21(13-11-20)30-27(32)14-23(25-17-33-18-29-25)24-16-31(15-19-6-2-1-3-7-19)26-9-5-4-8-22(24)26;/h1-9,16-18,20-21,23H,10-15,28H2,(H,30,32);1H. The quantitative estimate of drug-likeness (QED) is 0.357. The lowest BCUT2D eigenvalue weighted by Crippen LogP contribution is -2.40. The van der Waals surface area contributed by atoms with E-state index in [-0.39, 0.29) is 36.3 Å². The number of nitrogens with zero attached hydrogens (tertiary/aromatic N) is 2. The highest BCUT2D eigenvalue weighted by atomic mass is 35.5. The molecule has 1 saturated carbocycles. The molecule has 1 amide bonds. The summed E-state index contributed by atoms with van der Waals surface area (Å²) in [5, 5.41) is 6.52. The summed E-state index contributed by atoms with van der Waals surface area (Å²) in [5.74, 6) is 0.0115. The van der Waals surface area contributed by atoms with Gasteiger partial charge in [0.15, 0.2) is 0 Å². The smallest absolute Gasteiger partial charge is 0.221 e. The third-order valence-corrected chi connectivity index (χ3v) is 7.33. The molecule has 2 heterocycles. The molecule has 1 unspecified atom stereocenters. The molecule has 2 aromatic heterocycles. The van der Waals surface area contributed by atoms with Crippen molar-refractivity contribution in [3.8, 4) is 0 Å². The number of rotatable bonds is 7. The van der Waals surface area contributed by atoms with E-state index in [0.29, 0.717) is 6.42 Å². The number of amides is 1. The Morgan fingerprint density at radius 1 is 1.09 bits per heavy atom. The van der Waals surface area contributed by atoms with Crippen molar-refractivity contribution in [2.75, 3.05) is 0 Å². The van der Waals surface area contributed by atoms with Crippen molar-refractivity contribution in [1.29, 1.82) is 0 Å². The van der Waals surface area contributed by atoms with Crippen molar-refractivity contribution < 1.29 is 4.79 Å². The molecular formula is C27H31ClN4OS. The molecule has 1 atom stereocenters. The Bertz CT molecular complexity index is 1200. The normalized spacial score (nSPS) is 18.9. The van der Waals surface area contributed by atoms with E-state index in [4.69, 9.17) is 5.73 Å². The minimum atomic E-state index is -0.0796. The molecule has 1 aliphatic rings. The van der Waals surface area contributed by atoms with Crippen molar-refractivity contribution >= 4 is 40.6 Å². The van der Waals surface area contributed by atoms with Crippen molar-refractivity contribution in [3.05, 3.63) is 88.5 Å². The van der Waals surface area contributed by atoms with Gasteiger partial charge < -0.3 is 15.6 Å². The average molecular weight is 495 g/mol. The van der Waals surface area contributed by atoms with E-state index in [2.05, 4.69) is 75.0 Å². The van der Waals surface area contributed by atoms with Crippen LogP contribution in [0.15, 0.2) is 71.7 Å². The molecular weight excluding hydrogens is 464 g/mol. The number of benzene rings is 2. The molecule has 2 aromatic carbocycles. The van der Waals surface area contributed by atoms with Crippen LogP contribution >= 0.6 is 23.7 Å². The van der Waals surface area contributed by atoms with Gasteiger partial charge in [0.05, 0.1) is 11.2 Å². The molecule has 0 bridgehead atoms. The first-order valence-electron chi connectivity index (χ1n) is 11.7. The summed E-state index contributed by atoms with van der Waals surface area (Å²) in [5.41, 5.74) is 12.4. The predicted molar refractivity (Wildman–Crippen MR) is 142 cm³/mol. The molecule has 0 radical (unpaired) electrons. The molecule has 5 rings (SSSR count). The Balaban J connectivity index is 0.00000274. The van der Waals surface area contributed by atoms with E-state index in [9.17, 15) is 4.79 Å². The largest absolute Gasteiger partial charge is 0.353 e. The number of halogens is 1. The number of para-hydroxylation sites is 1. The Labute approximate surface area is 210 Å². The zero-order valence-corrected chi connectivity index (χ0v) is 20.7. The number of nitrogens with one attached hydrogen (secondary N) is 1. The van der Waals surface area contributed by atoms with E-state index < -0.39 is 0 Å². The van der Waals surface area contributed by atoms with Crippen LogP contribution in [0.25, 0.3) is 10.9 Å². The fourth-order valence-corrected chi connectivity index (χ4v) is 5.58. The van der Waals surface area contributed by atoms with Crippen molar-refractivity contribution in [1.82, 2.24) is 14.9 Å². The number of fused-ring (bicyclic) bond motifs is 1. The zero-order chi connectivity index (χ0) is 22.6.